The minimum Gasteiger partial charge on any atom is -0.337 e. The smallest absolute Gasteiger partial charge is 0.317 e. The standard InChI is InChI=1S/C15H28N2O3S/c1-12(2)8-13-4-7-17(9-13)14(18)16-10-15(5-6-15)11-21(3,19)20/h12-13H,4-11H2,1-3H3,(H,16,18). The molecule has 2 amide bonds. The second-order valence-corrected chi connectivity index (χ2v) is 9.60. The molecule has 0 aromatic rings. The van der Waals surface area contributed by atoms with Crippen LogP contribution in [0.4, 0.5) is 4.79 Å². The van der Waals surface area contributed by atoms with Crippen molar-refractivity contribution in [3.63, 3.8) is 0 Å². The number of nitrogens with zero attached hydrogens (tertiary/aromatic N) is 1. The molecule has 1 saturated carbocycles. The normalized spacial score (nSPS) is 24.4. The Hall–Kier alpha value is -0.780. The van der Waals surface area contributed by atoms with E-state index in [0.717, 1.165) is 32.4 Å². The van der Waals surface area contributed by atoms with Crippen LogP contribution in [0.25, 0.3) is 0 Å². The van der Waals surface area contributed by atoms with Gasteiger partial charge in [-0.1, -0.05) is 13.8 Å². The molecule has 5 nitrogen and oxygen atoms in total. The van der Waals surface area contributed by atoms with Gasteiger partial charge in [-0.3, -0.25) is 0 Å². The predicted octanol–water partition coefficient (Wildman–Crippen LogP) is 1.89. The first kappa shape index (κ1) is 16.6. The van der Waals surface area contributed by atoms with E-state index in [1.807, 2.05) is 4.90 Å². The SMILES string of the molecule is CC(C)CC1CCN(C(=O)NCC2(CS(C)(=O)=O)CC2)C1. The van der Waals surface area contributed by atoms with Gasteiger partial charge in [0.05, 0.1) is 5.75 Å². The average molecular weight is 316 g/mol. The van der Waals surface area contributed by atoms with Crippen LogP contribution in [0.3, 0.4) is 0 Å². The van der Waals surface area contributed by atoms with Gasteiger partial charge < -0.3 is 10.2 Å². The summed E-state index contributed by atoms with van der Waals surface area (Å²) in [6.07, 6.45) is 5.32. The van der Waals surface area contributed by atoms with Gasteiger partial charge in [-0.25, -0.2) is 13.2 Å². The molecule has 0 spiro atoms. The van der Waals surface area contributed by atoms with E-state index in [9.17, 15) is 13.2 Å². The number of carbonyl (C=O) groups excluding carboxylic acids is 1. The molecule has 0 radical (unpaired) electrons. The highest BCUT2D eigenvalue weighted by Gasteiger charge is 2.45. The molecule has 0 bridgehead atoms. The van der Waals surface area contributed by atoms with Crippen LogP contribution >= 0.6 is 0 Å². The maximum Gasteiger partial charge on any atom is 0.317 e. The van der Waals surface area contributed by atoms with Gasteiger partial charge >= 0.3 is 6.03 Å². The van der Waals surface area contributed by atoms with Crippen molar-refractivity contribution in [3.8, 4) is 0 Å². The summed E-state index contributed by atoms with van der Waals surface area (Å²) < 4.78 is 22.8. The molecule has 1 saturated heterocycles. The zero-order valence-corrected chi connectivity index (χ0v) is 14.2. The number of amides is 2. The number of nitrogens with one attached hydrogen (secondary N) is 1. The van der Waals surface area contributed by atoms with Crippen molar-refractivity contribution in [2.45, 2.75) is 39.5 Å². The molecule has 2 rings (SSSR count). The fourth-order valence-electron chi connectivity index (χ4n) is 3.36. The van der Waals surface area contributed by atoms with Gasteiger partial charge in [-0.2, -0.15) is 0 Å². The first-order valence-electron chi connectivity index (χ1n) is 7.90. The summed E-state index contributed by atoms with van der Waals surface area (Å²) in [5.41, 5.74) is -0.194. The maximum absolute atomic E-state index is 12.2. The zero-order chi connectivity index (χ0) is 15.7. The number of likely N-dealkylation sites (tertiary alicyclic amines) is 1. The van der Waals surface area contributed by atoms with Crippen molar-refractivity contribution < 1.29 is 13.2 Å². The van der Waals surface area contributed by atoms with E-state index in [2.05, 4.69) is 19.2 Å². The van der Waals surface area contributed by atoms with Crippen LogP contribution in [0.5, 0.6) is 0 Å². The van der Waals surface area contributed by atoms with Crippen LogP contribution in [0.2, 0.25) is 0 Å². The van der Waals surface area contributed by atoms with Crippen LogP contribution in [-0.2, 0) is 9.84 Å². The van der Waals surface area contributed by atoms with Crippen LogP contribution in [0.15, 0.2) is 0 Å². The fourth-order valence-corrected chi connectivity index (χ4v) is 4.86. The minimum atomic E-state index is -2.97. The van der Waals surface area contributed by atoms with Crippen molar-refractivity contribution in [1.82, 2.24) is 10.2 Å². The first-order valence-corrected chi connectivity index (χ1v) is 9.96. The molecule has 0 aromatic heterocycles. The number of hydrogen-bond donors (Lipinski definition) is 1. The largest absolute Gasteiger partial charge is 0.337 e. The topological polar surface area (TPSA) is 66.5 Å². The van der Waals surface area contributed by atoms with Gasteiger partial charge in [0.1, 0.15) is 9.84 Å². The Morgan fingerprint density at radius 1 is 1.38 bits per heavy atom. The molecule has 122 valence electrons. The van der Waals surface area contributed by atoms with E-state index in [1.54, 1.807) is 0 Å². The highest BCUT2D eigenvalue weighted by molar-refractivity contribution is 7.90. The van der Waals surface area contributed by atoms with Crippen LogP contribution in [0.1, 0.15) is 39.5 Å². The van der Waals surface area contributed by atoms with E-state index >= 15 is 0 Å². The van der Waals surface area contributed by atoms with Gasteiger partial charge in [-0.15, -0.1) is 0 Å². The Labute approximate surface area is 128 Å². The Bertz CT molecular complexity index is 483. The van der Waals surface area contributed by atoms with E-state index < -0.39 is 9.84 Å². The summed E-state index contributed by atoms with van der Waals surface area (Å²) in [4.78, 5) is 14.1. The van der Waals surface area contributed by atoms with Crippen LogP contribution in [0, 0.1) is 17.3 Å². The fraction of sp³-hybridized carbons (Fsp3) is 0.933. The summed E-state index contributed by atoms with van der Waals surface area (Å²) in [5, 5.41) is 2.95. The molecule has 1 aliphatic carbocycles. The Kier molecular flexibility index (Phi) is 4.85. The lowest BCUT2D eigenvalue weighted by Gasteiger charge is -2.21. The molecule has 0 aromatic carbocycles. The van der Waals surface area contributed by atoms with Gasteiger partial charge in [-0.05, 0) is 37.5 Å². The third-order valence-electron chi connectivity index (χ3n) is 4.52. The highest BCUT2D eigenvalue weighted by Crippen LogP contribution is 2.46. The summed E-state index contributed by atoms with van der Waals surface area (Å²) in [6, 6.07) is -0.0268. The molecule has 6 heteroatoms. The molecule has 2 fully saturated rings. The first-order chi connectivity index (χ1) is 9.69. The van der Waals surface area contributed by atoms with Crippen molar-refractivity contribution in [2.24, 2.45) is 17.3 Å². The third kappa shape index (κ3) is 5.16. The minimum absolute atomic E-state index is 0.0268. The highest BCUT2D eigenvalue weighted by atomic mass is 32.2. The second kappa shape index (κ2) is 6.15. The van der Waals surface area contributed by atoms with Gasteiger partial charge in [0, 0.05) is 31.3 Å². The molecule has 1 aliphatic heterocycles. The number of sulfone groups is 1. The summed E-state index contributed by atoms with van der Waals surface area (Å²) in [6.45, 7) is 6.57. The summed E-state index contributed by atoms with van der Waals surface area (Å²) in [5.74, 6) is 1.47. The molecule has 1 atom stereocenters. The van der Waals surface area contributed by atoms with Gasteiger partial charge in [0.25, 0.3) is 0 Å². The third-order valence-corrected chi connectivity index (χ3v) is 5.65. The number of hydrogen-bond acceptors (Lipinski definition) is 3. The summed E-state index contributed by atoms with van der Waals surface area (Å²) in [7, 11) is -2.97. The van der Waals surface area contributed by atoms with Gasteiger partial charge in [0.15, 0.2) is 0 Å². The predicted molar refractivity (Wildman–Crippen MR) is 83.9 cm³/mol. The van der Waals surface area contributed by atoms with Crippen LogP contribution < -0.4 is 5.32 Å². The van der Waals surface area contributed by atoms with Crippen LogP contribution in [-0.4, -0.2) is 51.0 Å². The lowest BCUT2D eigenvalue weighted by Crippen LogP contribution is -2.42. The molecular weight excluding hydrogens is 288 g/mol. The van der Waals surface area contributed by atoms with E-state index in [-0.39, 0.29) is 17.2 Å². The van der Waals surface area contributed by atoms with Crippen molar-refractivity contribution in [3.05, 3.63) is 0 Å². The lowest BCUT2D eigenvalue weighted by molar-refractivity contribution is 0.204. The maximum atomic E-state index is 12.2. The quantitative estimate of drug-likeness (QED) is 0.814. The Morgan fingerprint density at radius 2 is 2.05 bits per heavy atom. The molecule has 2 aliphatic rings. The van der Waals surface area contributed by atoms with E-state index in [0.29, 0.717) is 18.4 Å². The second-order valence-electron chi connectivity index (χ2n) is 7.46. The monoisotopic (exact) mass is 316 g/mol. The molecule has 1 unspecified atom stereocenters. The zero-order valence-electron chi connectivity index (χ0n) is 13.4. The molecule has 1 N–H and O–H groups in total. The molecular formula is C15H28N2O3S. The molecule has 1 heterocycles. The van der Waals surface area contributed by atoms with E-state index in [4.69, 9.17) is 0 Å². The van der Waals surface area contributed by atoms with Gasteiger partial charge in [0.2, 0.25) is 0 Å². The lowest BCUT2D eigenvalue weighted by atomic mass is 9.97. The van der Waals surface area contributed by atoms with Crippen molar-refractivity contribution in [1.29, 1.82) is 0 Å². The van der Waals surface area contributed by atoms with E-state index in [1.165, 1.54) is 12.7 Å². The van der Waals surface area contributed by atoms with Crippen molar-refractivity contribution in [2.75, 3.05) is 31.6 Å². The van der Waals surface area contributed by atoms with Crippen molar-refractivity contribution >= 4 is 15.9 Å². The number of rotatable bonds is 6. The number of urea groups is 1. The average Bonchev–Trinajstić information content (AvgIpc) is 2.91. The number of carbonyl (C=O) groups is 1. The summed E-state index contributed by atoms with van der Waals surface area (Å²) >= 11 is 0. The Balaban J connectivity index is 1.76. The Morgan fingerprint density at radius 3 is 2.57 bits per heavy atom. The molecule has 21 heavy (non-hydrogen) atoms.